The van der Waals surface area contributed by atoms with E-state index in [1.807, 2.05) is 0 Å². The fraction of sp³-hybridized carbons (Fsp3) is 0.550. The molecule has 1 saturated heterocycles. The highest BCUT2D eigenvalue weighted by molar-refractivity contribution is 5.94. The number of benzene rings is 1. The maximum Gasteiger partial charge on any atom is 0.346 e. The molecule has 2 aliphatic rings. The number of nitrogens with zero attached hydrogens (tertiary/aromatic N) is 4. The van der Waals surface area contributed by atoms with Gasteiger partial charge in [-0.15, -0.1) is 0 Å². The molecule has 1 aliphatic carbocycles. The van der Waals surface area contributed by atoms with E-state index in [9.17, 15) is 14.0 Å². The third-order valence-electron chi connectivity index (χ3n) is 5.49. The van der Waals surface area contributed by atoms with Crippen LogP contribution in [-0.4, -0.2) is 52.0 Å². The number of piperidine rings is 1. The monoisotopic (exact) mass is 388 g/mol. The fourth-order valence-electron chi connectivity index (χ4n) is 3.89. The van der Waals surface area contributed by atoms with Crippen LogP contribution in [0.5, 0.6) is 0 Å². The van der Waals surface area contributed by atoms with E-state index in [0.29, 0.717) is 26.2 Å². The highest BCUT2D eigenvalue weighted by Gasteiger charge is 2.35. The molecule has 1 atom stereocenters. The van der Waals surface area contributed by atoms with Crippen molar-refractivity contribution in [2.24, 2.45) is 0 Å². The van der Waals surface area contributed by atoms with Gasteiger partial charge < -0.3 is 9.64 Å². The first-order valence-corrected chi connectivity index (χ1v) is 9.82. The summed E-state index contributed by atoms with van der Waals surface area (Å²) >= 11 is 0. The molecule has 2 aromatic rings. The lowest BCUT2D eigenvalue weighted by Crippen LogP contribution is -2.40. The Morgan fingerprint density at radius 2 is 2.07 bits per heavy atom. The predicted molar refractivity (Wildman–Crippen MR) is 101 cm³/mol. The molecule has 0 spiro atoms. The lowest BCUT2D eigenvalue weighted by atomic mass is 9.96. The molecule has 28 heavy (non-hydrogen) atoms. The van der Waals surface area contributed by atoms with Crippen molar-refractivity contribution in [1.29, 1.82) is 0 Å². The third kappa shape index (κ3) is 3.61. The fourth-order valence-corrected chi connectivity index (χ4v) is 3.89. The van der Waals surface area contributed by atoms with Crippen LogP contribution >= 0.6 is 0 Å². The van der Waals surface area contributed by atoms with Crippen LogP contribution in [0.3, 0.4) is 0 Å². The Morgan fingerprint density at radius 1 is 1.29 bits per heavy atom. The molecule has 0 N–H and O–H groups in total. The minimum atomic E-state index is -0.506. The van der Waals surface area contributed by atoms with Crippen molar-refractivity contribution >= 4 is 5.91 Å². The minimum absolute atomic E-state index is 0.0263. The normalized spacial score (nSPS) is 19.8. The third-order valence-corrected chi connectivity index (χ3v) is 5.49. The van der Waals surface area contributed by atoms with Crippen molar-refractivity contribution in [2.75, 3.05) is 26.8 Å². The SMILES string of the molecule is COCCn1nc(C2CCCN(C(=O)c3ccccc3F)C2)n(C2CC2)c1=O. The zero-order valence-corrected chi connectivity index (χ0v) is 16.0. The Hall–Kier alpha value is -2.48. The largest absolute Gasteiger partial charge is 0.383 e. The van der Waals surface area contributed by atoms with Crippen LogP contribution in [0.2, 0.25) is 0 Å². The van der Waals surface area contributed by atoms with Gasteiger partial charge in [0.1, 0.15) is 11.6 Å². The van der Waals surface area contributed by atoms with Gasteiger partial charge in [0, 0.05) is 32.2 Å². The summed E-state index contributed by atoms with van der Waals surface area (Å²) in [5.74, 6) is -0.0912. The molecule has 1 aliphatic heterocycles. The van der Waals surface area contributed by atoms with Crippen LogP contribution in [0, 0.1) is 5.82 Å². The number of rotatable bonds is 6. The number of hydrogen-bond donors (Lipinski definition) is 0. The topological polar surface area (TPSA) is 69.4 Å². The van der Waals surface area contributed by atoms with Crippen molar-refractivity contribution in [2.45, 2.75) is 44.2 Å². The highest BCUT2D eigenvalue weighted by Crippen LogP contribution is 2.37. The lowest BCUT2D eigenvalue weighted by molar-refractivity contribution is 0.0698. The summed E-state index contributed by atoms with van der Waals surface area (Å²) in [5, 5.41) is 4.59. The standard InChI is InChI=1S/C20H25FN4O3/c1-28-12-11-24-20(27)25(15-8-9-15)18(22-24)14-5-4-10-23(13-14)19(26)16-6-2-3-7-17(16)21/h2-3,6-7,14-15H,4-5,8-13H2,1H3. The second-order valence-corrected chi connectivity index (χ2v) is 7.53. The Labute approximate surface area is 162 Å². The van der Waals surface area contributed by atoms with Gasteiger partial charge in [0.15, 0.2) is 0 Å². The van der Waals surface area contributed by atoms with E-state index in [1.165, 1.54) is 16.8 Å². The molecule has 8 heteroatoms. The first-order chi connectivity index (χ1) is 13.6. The molecular weight excluding hydrogens is 363 g/mol. The maximum atomic E-state index is 14.0. The molecule has 0 bridgehead atoms. The van der Waals surface area contributed by atoms with Gasteiger partial charge >= 0.3 is 5.69 Å². The van der Waals surface area contributed by atoms with Crippen LogP contribution in [0.25, 0.3) is 0 Å². The zero-order valence-electron chi connectivity index (χ0n) is 16.0. The second kappa shape index (κ2) is 7.87. The van der Waals surface area contributed by atoms with Crippen LogP contribution in [0.1, 0.15) is 53.8 Å². The highest BCUT2D eigenvalue weighted by atomic mass is 19.1. The smallest absolute Gasteiger partial charge is 0.346 e. The van der Waals surface area contributed by atoms with Crippen LogP contribution < -0.4 is 5.69 Å². The van der Waals surface area contributed by atoms with Gasteiger partial charge in [-0.25, -0.2) is 13.9 Å². The van der Waals surface area contributed by atoms with Gasteiger partial charge in [0.2, 0.25) is 0 Å². The van der Waals surface area contributed by atoms with E-state index in [4.69, 9.17) is 4.74 Å². The van der Waals surface area contributed by atoms with Gasteiger partial charge in [-0.05, 0) is 37.8 Å². The number of hydrogen-bond acceptors (Lipinski definition) is 4. The van der Waals surface area contributed by atoms with Crippen LogP contribution in [-0.2, 0) is 11.3 Å². The van der Waals surface area contributed by atoms with Crippen molar-refractivity contribution in [1.82, 2.24) is 19.2 Å². The quantitative estimate of drug-likeness (QED) is 0.761. The molecular formula is C20H25FN4O3. The predicted octanol–water partition coefficient (Wildman–Crippen LogP) is 2.18. The minimum Gasteiger partial charge on any atom is -0.383 e. The number of amides is 1. The number of likely N-dealkylation sites (tertiary alicyclic amines) is 1. The van der Waals surface area contributed by atoms with Gasteiger partial charge in [0.05, 0.1) is 18.7 Å². The van der Waals surface area contributed by atoms with Crippen LogP contribution in [0.15, 0.2) is 29.1 Å². The average molecular weight is 388 g/mol. The second-order valence-electron chi connectivity index (χ2n) is 7.53. The summed E-state index contributed by atoms with van der Waals surface area (Å²) in [7, 11) is 1.59. The molecule has 1 saturated carbocycles. The molecule has 1 aromatic heterocycles. The summed E-state index contributed by atoms with van der Waals surface area (Å²) in [4.78, 5) is 27.3. The molecule has 1 aromatic carbocycles. The molecule has 4 rings (SSSR count). The summed E-state index contributed by atoms with van der Waals surface area (Å²) in [6.45, 7) is 1.86. The van der Waals surface area contributed by atoms with Gasteiger partial charge in [-0.3, -0.25) is 9.36 Å². The molecule has 1 unspecified atom stereocenters. The van der Waals surface area contributed by atoms with Crippen LogP contribution in [0.4, 0.5) is 4.39 Å². The number of methoxy groups -OCH3 is 1. The van der Waals surface area contributed by atoms with E-state index < -0.39 is 5.82 Å². The van der Waals surface area contributed by atoms with Crippen molar-refractivity contribution < 1.29 is 13.9 Å². The first-order valence-electron chi connectivity index (χ1n) is 9.82. The Balaban J connectivity index is 1.59. The van der Waals surface area contributed by atoms with E-state index >= 15 is 0 Å². The number of carbonyl (C=O) groups is 1. The molecule has 7 nitrogen and oxygen atoms in total. The summed E-state index contributed by atoms with van der Waals surface area (Å²) in [5.41, 5.74) is -0.0135. The van der Waals surface area contributed by atoms with Crippen molar-refractivity contribution in [3.05, 3.63) is 52.0 Å². The molecule has 0 radical (unpaired) electrons. The first kappa shape index (κ1) is 18.9. The Morgan fingerprint density at radius 3 is 2.79 bits per heavy atom. The van der Waals surface area contributed by atoms with Gasteiger partial charge in [-0.1, -0.05) is 12.1 Å². The van der Waals surface area contributed by atoms with Gasteiger partial charge in [-0.2, -0.15) is 5.10 Å². The number of carbonyl (C=O) groups excluding carboxylic acids is 1. The Kier molecular flexibility index (Phi) is 5.30. The van der Waals surface area contributed by atoms with Crippen molar-refractivity contribution in [3.63, 3.8) is 0 Å². The van der Waals surface area contributed by atoms with E-state index in [-0.39, 0.29) is 29.1 Å². The average Bonchev–Trinajstić information content (AvgIpc) is 3.50. The lowest BCUT2D eigenvalue weighted by Gasteiger charge is -2.32. The Bertz CT molecular complexity index is 918. The molecule has 2 fully saturated rings. The maximum absolute atomic E-state index is 14.0. The van der Waals surface area contributed by atoms with Crippen molar-refractivity contribution in [3.8, 4) is 0 Å². The van der Waals surface area contributed by atoms with E-state index in [2.05, 4.69) is 5.10 Å². The molecule has 2 heterocycles. The summed E-state index contributed by atoms with van der Waals surface area (Å²) < 4.78 is 22.4. The molecule has 150 valence electrons. The number of aromatic nitrogens is 3. The molecule has 1 amide bonds. The summed E-state index contributed by atoms with van der Waals surface area (Å²) in [6, 6.07) is 6.26. The summed E-state index contributed by atoms with van der Waals surface area (Å²) in [6.07, 6.45) is 3.62. The van der Waals surface area contributed by atoms with E-state index in [1.54, 1.807) is 28.7 Å². The van der Waals surface area contributed by atoms with E-state index in [0.717, 1.165) is 31.5 Å². The van der Waals surface area contributed by atoms with Gasteiger partial charge in [0.25, 0.3) is 5.91 Å². The number of ether oxygens (including phenoxy) is 1. The number of halogens is 1. The zero-order chi connectivity index (χ0) is 19.7.